The van der Waals surface area contributed by atoms with Crippen molar-refractivity contribution in [1.82, 2.24) is 10.1 Å². The molecule has 0 aliphatic heterocycles. The van der Waals surface area contributed by atoms with Gasteiger partial charge in [-0.05, 0) is 112 Å². The van der Waals surface area contributed by atoms with E-state index in [1.54, 1.807) is 7.11 Å². The van der Waals surface area contributed by atoms with Crippen molar-refractivity contribution in [1.29, 1.82) is 0 Å². The first-order valence-corrected chi connectivity index (χ1v) is 15.3. The molecule has 40 heavy (non-hydrogen) atoms. The summed E-state index contributed by atoms with van der Waals surface area (Å²) >= 11 is 0. The van der Waals surface area contributed by atoms with Gasteiger partial charge in [0.1, 0.15) is 5.75 Å². The minimum atomic E-state index is 0.00590. The summed E-state index contributed by atoms with van der Waals surface area (Å²) in [6.07, 6.45) is 13.2. The number of hydrogen-bond donors (Lipinski definition) is 0. The standard InChI is InChI=1S/C34H43N3O3/c1-24(33-15-18-34(19-16-33,20-17-33)32-35-25(2)36-40-32)37(31(38)21-26-9-5-4-6-10-26)29-13-7-11-27(22-29)28-12-8-14-30(23-28)39-3/h7-8,11-14,22-24,26H,4-6,9-10,15-21H2,1-3H3. The number of rotatable bonds is 8. The topological polar surface area (TPSA) is 68.5 Å². The maximum atomic E-state index is 14.3. The average molecular weight is 542 g/mol. The zero-order valence-electron chi connectivity index (χ0n) is 24.3. The highest BCUT2D eigenvalue weighted by molar-refractivity contribution is 5.95. The number of carbonyl (C=O) groups is 1. The van der Waals surface area contributed by atoms with Crippen molar-refractivity contribution in [2.45, 2.75) is 102 Å². The molecule has 4 aliphatic rings. The first-order valence-electron chi connectivity index (χ1n) is 15.3. The number of nitrogens with zero attached hydrogens (tertiary/aromatic N) is 3. The fourth-order valence-electron chi connectivity index (χ4n) is 7.91. The van der Waals surface area contributed by atoms with Crippen LogP contribution < -0.4 is 9.64 Å². The van der Waals surface area contributed by atoms with Gasteiger partial charge in [-0.2, -0.15) is 4.98 Å². The number of aryl methyl sites for hydroxylation is 1. The van der Waals surface area contributed by atoms with Crippen LogP contribution >= 0.6 is 0 Å². The Morgan fingerprint density at radius 3 is 2.33 bits per heavy atom. The van der Waals surface area contributed by atoms with Gasteiger partial charge in [-0.15, -0.1) is 0 Å². The molecule has 0 radical (unpaired) electrons. The third-order valence-corrected chi connectivity index (χ3v) is 10.5. The molecule has 3 aromatic rings. The first-order chi connectivity index (χ1) is 19.4. The summed E-state index contributed by atoms with van der Waals surface area (Å²) in [5, 5.41) is 4.10. The summed E-state index contributed by atoms with van der Waals surface area (Å²) < 4.78 is 11.2. The molecule has 1 amide bonds. The highest BCUT2D eigenvalue weighted by Gasteiger charge is 2.55. The molecule has 0 saturated heterocycles. The van der Waals surface area contributed by atoms with E-state index in [0.29, 0.717) is 12.3 Å². The van der Waals surface area contributed by atoms with Crippen molar-refractivity contribution in [2.75, 3.05) is 12.0 Å². The Labute approximate surface area is 238 Å². The average Bonchev–Trinajstić information content (AvgIpc) is 3.46. The van der Waals surface area contributed by atoms with Crippen LogP contribution in [0.1, 0.15) is 95.7 Å². The molecule has 0 spiro atoms. The summed E-state index contributed by atoms with van der Waals surface area (Å²) in [6, 6.07) is 16.9. The molecule has 4 saturated carbocycles. The predicted octanol–water partition coefficient (Wildman–Crippen LogP) is 8.04. The molecule has 2 aromatic carbocycles. The molecular formula is C34H43N3O3. The van der Waals surface area contributed by atoms with Gasteiger partial charge in [-0.3, -0.25) is 4.79 Å². The number of benzene rings is 2. The lowest BCUT2D eigenvalue weighted by molar-refractivity contribution is -0.121. The SMILES string of the molecule is COc1cccc(-c2cccc(N(C(=O)CC3CCCCC3)C(C)C34CCC(c5nc(C)no5)(CC3)CC4)c2)c1. The minimum Gasteiger partial charge on any atom is -0.497 e. The van der Waals surface area contributed by atoms with Gasteiger partial charge in [0.2, 0.25) is 11.8 Å². The molecule has 0 N–H and O–H groups in total. The van der Waals surface area contributed by atoms with Gasteiger partial charge in [0.25, 0.3) is 0 Å². The van der Waals surface area contributed by atoms with E-state index in [1.165, 1.54) is 32.1 Å². The third kappa shape index (κ3) is 5.06. The molecule has 1 heterocycles. The Bertz CT molecular complexity index is 1320. The van der Waals surface area contributed by atoms with Crippen molar-refractivity contribution in [3.8, 4) is 16.9 Å². The summed E-state index contributed by atoms with van der Waals surface area (Å²) in [5.74, 6) is 3.16. The number of amides is 1. The van der Waals surface area contributed by atoms with Crippen molar-refractivity contribution < 1.29 is 14.1 Å². The molecule has 2 bridgehead atoms. The molecule has 4 fully saturated rings. The fraction of sp³-hybridized carbons (Fsp3) is 0.559. The zero-order chi connectivity index (χ0) is 27.7. The Kier molecular flexibility index (Phi) is 7.45. The second-order valence-corrected chi connectivity index (χ2v) is 12.7. The molecule has 212 valence electrons. The fourth-order valence-corrected chi connectivity index (χ4v) is 7.91. The van der Waals surface area contributed by atoms with E-state index in [-0.39, 0.29) is 22.8 Å². The number of hydrogen-bond acceptors (Lipinski definition) is 5. The van der Waals surface area contributed by atoms with Gasteiger partial charge >= 0.3 is 0 Å². The summed E-state index contributed by atoms with van der Waals surface area (Å²) in [7, 11) is 1.70. The van der Waals surface area contributed by atoms with Crippen molar-refractivity contribution in [3.63, 3.8) is 0 Å². The van der Waals surface area contributed by atoms with Crippen LogP contribution in [0.25, 0.3) is 11.1 Å². The van der Waals surface area contributed by atoms with Gasteiger partial charge in [0, 0.05) is 23.6 Å². The molecule has 6 heteroatoms. The molecular weight excluding hydrogens is 498 g/mol. The summed E-state index contributed by atoms with van der Waals surface area (Å²) in [6.45, 7) is 4.21. The summed E-state index contributed by atoms with van der Waals surface area (Å²) in [4.78, 5) is 21.1. The van der Waals surface area contributed by atoms with Crippen LogP contribution in [0, 0.1) is 18.3 Å². The van der Waals surface area contributed by atoms with Gasteiger partial charge in [0.05, 0.1) is 7.11 Å². The highest BCUT2D eigenvalue weighted by Crippen LogP contribution is 2.59. The number of methoxy groups -OCH3 is 1. The molecule has 7 rings (SSSR count). The van der Waals surface area contributed by atoms with E-state index < -0.39 is 0 Å². The lowest BCUT2D eigenvalue weighted by atomic mass is 9.51. The van der Waals surface area contributed by atoms with E-state index >= 15 is 0 Å². The van der Waals surface area contributed by atoms with Crippen LogP contribution in [0.5, 0.6) is 5.75 Å². The number of aromatic nitrogens is 2. The van der Waals surface area contributed by atoms with Gasteiger partial charge in [-0.1, -0.05) is 48.7 Å². The predicted molar refractivity (Wildman–Crippen MR) is 157 cm³/mol. The summed E-state index contributed by atoms with van der Waals surface area (Å²) in [5.41, 5.74) is 3.32. The van der Waals surface area contributed by atoms with E-state index in [4.69, 9.17) is 9.26 Å². The Morgan fingerprint density at radius 1 is 1.00 bits per heavy atom. The molecule has 4 aliphatic carbocycles. The monoisotopic (exact) mass is 541 g/mol. The molecule has 6 nitrogen and oxygen atoms in total. The van der Waals surface area contributed by atoms with Gasteiger partial charge in [-0.25, -0.2) is 0 Å². The third-order valence-electron chi connectivity index (χ3n) is 10.5. The Balaban J connectivity index is 1.30. The smallest absolute Gasteiger partial charge is 0.232 e. The zero-order valence-corrected chi connectivity index (χ0v) is 24.3. The lowest BCUT2D eigenvalue weighted by Gasteiger charge is -2.56. The van der Waals surface area contributed by atoms with E-state index in [2.05, 4.69) is 58.4 Å². The van der Waals surface area contributed by atoms with Gasteiger partial charge < -0.3 is 14.2 Å². The number of ether oxygens (including phenoxy) is 1. The van der Waals surface area contributed by atoms with Crippen LogP contribution in [-0.4, -0.2) is 29.2 Å². The molecule has 1 unspecified atom stereocenters. The molecule has 1 aromatic heterocycles. The quantitative estimate of drug-likeness (QED) is 0.289. The second-order valence-electron chi connectivity index (χ2n) is 12.7. The van der Waals surface area contributed by atoms with Crippen LogP contribution in [0.2, 0.25) is 0 Å². The van der Waals surface area contributed by atoms with Crippen LogP contribution in [0.15, 0.2) is 53.1 Å². The van der Waals surface area contributed by atoms with E-state index in [0.717, 1.165) is 72.8 Å². The van der Waals surface area contributed by atoms with E-state index in [1.807, 2.05) is 19.1 Å². The number of anilines is 1. The Morgan fingerprint density at radius 2 is 1.68 bits per heavy atom. The van der Waals surface area contributed by atoms with Crippen molar-refractivity contribution in [3.05, 3.63) is 60.2 Å². The lowest BCUT2D eigenvalue weighted by Crippen LogP contribution is -2.56. The number of fused-ring (bicyclic) bond motifs is 3. The maximum absolute atomic E-state index is 14.3. The van der Waals surface area contributed by atoms with Gasteiger partial charge in [0.15, 0.2) is 5.82 Å². The minimum absolute atomic E-state index is 0.00590. The van der Waals surface area contributed by atoms with Crippen molar-refractivity contribution in [2.24, 2.45) is 11.3 Å². The highest BCUT2D eigenvalue weighted by atomic mass is 16.5. The van der Waals surface area contributed by atoms with Crippen LogP contribution in [0.3, 0.4) is 0 Å². The number of carbonyl (C=O) groups excluding carboxylic acids is 1. The van der Waals surface area contributed by atoms with Crippen LogP contribution in [0.4, 0.5) is 5.69 Å². The maximum Gasteiger partial charge on any atom is 0.232 e. The second kappa shape index (κ2) is 11.0. The van der Waals surface area contributed by atoms with Crippen LogP contribution in [-0.2, 0) is 10.2 Å². The first kappa shape index (κ1) is 27.0. The largest absolute Gasteiger partial charge is 0.497 e. The van der Waals surface area contributed by atoms with Crippen molar-refractivity contribution >= 4 is 11.6 Å². The Hall–Kier alpha value is -3.15. The normalized spacial score (nSPS) is 25.5. The van der Waals surface area contributed by atoms with E-state index in [9.17, 15) is 4.79 Å². The molecule has 1 atom stereocenters.